The lowest BCUT2D eigenvalue weighted by Crippen LogP contribution is -2.24. The first kappa shape index (κ1) is 12.0. The van der Waals surface area contributed by atoms with E-state index >= 15 is 0 Å². The van der Waals surface area contributed by atoms with Crippen LogP contribution >= 0.6 is 0 Å². The van der Waals surface area contributed by atoms with Crippen molar-refractivity contribution in [1.29, 1.82) is 0 Å². The average molecular weight is 220 g/mol. The third-order valence-electron chi connectivity index (χ3n) is 1.94. The molecule has 16 heavy (non-hydrogen) atoms. The second-order valence-electron chi connectivity index (χ2n) is 3.11. The van der Waals surface area contributed by atoms with Crippen LogP contribution < -0.4 is 15.4 Å². The zero-order chi connectivity index (χ0) is 12.0. The molecule has 0 radical (unpaired) electrons. The summed E-state index contributed by atoms with van der Waals surface area (Å²) in [5.41, 5.74) is 5.58. The van der Waals surface area contributed by atoms with Gasteiger partial charge in [0.05, 0.1) is 7.11 Å². The molecule has 1 heterocycles. The van der Waals surface area contributed by atoms with Crippen LogP contribution in [0.15, 0.2) is 31.4 Å². The predicted octanol–water partition coefficient (Wildman–Crippen LogP) is 1.25. The van der Waals surface area contributed by atoms with Crippen molar-refractivity contribution in [2.24, 2.45) is 0 Å². The predicted molar refractivity (Wildman–Crippen MR) is 65.6 cm³/mol. The third kappa shape index (κ3) is 2.98. The fraction of sp³-hybridized carbons (Fsp3) is 0.273. The molecule has 0 unspecified atom stereocenters. The number of ether oxygens (including phenoxy) is 1. The first-order chi connectivity index (χ1) is 7.71. The molecule has 1 aromatic rings. The van der Waals surface area contributed by atoms with E-state index in [0.717, 1.165) is 0 Å². The van der Waals surface area contributed by atoms with E-state index in [1.165, 1.54) is 7.11 Å². The minimum Gasteiger partial charge on any atom is -0.481 e. The van der Waals surface area contributed by atoms with Gasteiger partial charge in [-0.15, -0.1) is 13.2 Å². The molecule has 0 aliphatic carbocycles. The van der Waals surface area contributed by atoms with Crippen LogP contribution in [-0.2, 0) is 0 Å². The maximum Gasteiger partial charge on any atom is 0.225 e. The molecule has 0 bridgehead atoms. The van der Waals surface area contributed by atoms with Gasteiger partial charge < -0.3 is 15.4 Å². The van der Waals surface area contributed by atoms with Crippen molar-refractivity contribution in [1.82, 2.24) is 9.97 Å². The van der Waals surface area contributed by atoms with Crippen molar-refractivity contribution in [2.75, 3.05) is 30.8 Å². The lowest BCUT2D eigenvalue weighted by molar-refractivity contribution is 0.397. The van der Waals surface area contributed by atoms with E-state index in [1.54, 1.807) is 18.2 Å². The Labute approximate surface area is 95.3 Å². The molecule has 0 atom stereocenters. The monoisotopic (exact) mass is 220 g/mol. The van der Waals surface area contributed by atoms with Crippen molar-refractivity contribution in [3.63, 3.8) is 0 Å². The highest BCUT2D eigenvalue weighted by atomic mass is 16.5. The normalized spacial score (nSPS) is 9.56. The minimum absolute atomic E-state index is 0.187. The molecule has 1 aromatic heterocycles. The van der Waals surface area contributed by atoms with Crippen LogP contribution in [0.4, 0.5) is 11.8 Å². The highest BCUT2D eigenvalue weighted by molar-refractivity contribution is 5.46. The molecule has 86 valence electrons. The summed E-state index contributed by atoms with van der Waals surface area (Å²) in [7, 11) is 1.54. The Morgan fingerprint density at radius 2 is 2.00 bits per heavy atom. The van der Waals surface area contributed by atoms with Crippen LogP contribution in [0.25, 0.3) is 0 Å². The molecule has 0 fully saturated rings. The summed E-state index contributed by atoms with van der Waals surface area (Å²) in [6.45, 7) is 8.70. The van der Waals surface area contributed by atoms with Gasteiger partial charge in [0.15, 0.2) is 0 Å². The Hall–Kier alpha value is -2.04. The first-order valence-corrected chi connectivity index (χ1v) is 4.86. The van der Waals surface area contributed by atoms with Crippen molar-refractivity contribution in [2.45, 2.75) is 0 Å². The fourth-order valence-electron chi connectivity index (χ4n) is 1.27. The van der Waals surface area contributed by atoms with Crippen molar-refractivity contribution >= 4 is 11.8 Å². The average Bonchev–Trinajstić information content (AvgIpc) is 2.28. The molecule has 5 nitrogen and oxygen atoms in total. The first-order valence-electron chi connectivity index (χ1n) is 4.86. The number of anilines is 2. The number of rotatable bonds is 6. The van der Waals surface area contributed by atoms with Crippen molar-refractivity contribution in [3.05, 3.63) is 31.4 Å². The molecule has 2 N–H and O–H groups in total. The maximum absolute atomic E-state index is 5.58. The number of nitrogens with two attached hydrogens (primary N) is 1. The largest absolute Gasteiger partial charge is 0.481 e. The number of aromatic nitrogens is 2. The SMILES string of the molecule is C=CCN(CC=C)c1cc(OC)nc(N)n1. The van der Waals surface area contributed by atoms with Gasteiger partial charge in [-0.1, -0.05) is 12.2 Å². The third-order valence-corrected chi connectivity index (χ3v) is 1.94. The Kier molecular flexibility index (Phi) is 4.32. The molecular weight excluding hydrogens is 204 g/mol. The van der Waals surface area contributed by atoms with E-state index in [1.807, 2.05) is 4.90 Å². The van der Waals surface area contributed by atoms with Gasteiger partial charge in [0.25, 0.3) is 0 Å². The molecule has 0 amide bonds. The van der Waals surface area contributed by atoms with Gasteiger partial charge in [-0.05, 0) is 0 Å². The summed E-state index contributed by atoms with van der Waals surface area (Å²) in [6, 6.07) is 1.73. The molecule has 0 spiro atoms. The quantitative estimate of drug-likeness (QED) is 0.731. The van der Waals surface area contributed by atoms with E-state index in [4.69, 9.17) is 10.5 Å². The maximum atomic E-state index is 5.58. The zero-order valence-electron chi connectivity index (χ0n) is 9.39. The molecule has 0 saturated carbocycles. The van der Waals surface area contributed by atoms with Gasteiger partial charge >= 0.3 is 0 Å². The molecule has 0 aromatic carbocycles. The van der Waals surface area contributed by atoms with Gasteiger partial charge in [0.2, 0.25) is 11.8 Å². The lowest BCUT2D eigenvalue weighted by atomic mass is 10.4. The van der Waals surface area contributed by atoms with Crippen LogP contribution in [0, 0.1) is 0 Å². The Balaban J connectivity index is 3.01. The molecule has 0 aliphatic rings. The topological polar surface area (TPSA) is 64.3 Å². The Morgan fingerprint density at radius 1 is 1.38 bits per heavy atom. The standard InChI is InChI=1S/C11H16N4O/c1-4-6-15(7-5-2)9-8-10(16-3)14-11(12)13-9/h4-5,8H,1-2,6-7H2,3H3,(H2,12,13,14). The van der Waals surface area contributed by atoms with Crippen molar-refractivity contribution in [3.8, 4) is 5.88 Å². The Bertz CT molecular complexity index is 368. The second-order valence-corrected chi connectivity index (χ2v) is 3.11. The van der Waals surface area contributed by atoms with Crippen LogP contribution in [0.1, 0.15) is 0 Å². The summed E-state index contributed by atoms with van der Waals surface area (Å²) in [5.74, 6) is 1.33. The highest BCUT2D eigenvalue weighted by Crippen LogP contribution is 2.18. The van der Waals surface area contributed by atoms with E-state index in [-0.39, 0.29) is 5.95 Å². The van der Waals surface area contributed by atoms with Crippen LogP contribution in [0.2, 0.25) is 0 Å². The van der Waals surface area contributed by atoms with Gasteiger partial charge in [-0.2, -0.15) is 9.97 Å². The molecule has 5 heteroatoms. The highest BCUT2D eigenvalue weighted by Gasteiger charge is 2.08. The van der Waals surface area contributed by atoms with E-state index < -0.39 is 0 Å². The van der Waals surface area contributed by atoms with Crippen LogP contribution in [0.5, 0.6) is 5.88 Å². The molecule has 0 aliphatic heterocycles. The van der Waals surface area contributed by atoms with E-state index in [2.05, 4.69) is 23.1 Å². The van der Waals surface area contributed by atoms with Crippen molar-refractivity contribution < 1.29 is 4.74 Å². The number of hydrogen-bond donors (Lipinski definition) is 1. The van der Waals surface area contributed by atoms with Gasteiger partial charge in [-0.3, -0.25) is 0 Å². The number of nitrogen functional groups attached to an aromatic ring is 1. The van der Waals surface area contributed by atoms with Crippen LogP contribution in [0.3, 0.4) is 0 Å². The summed E-state index contributed by atoms with van der Waals surface area (Å²) in [5, 5.41) is 0. The summed E-state index contributed by atoms with van der Waals surface area (Å²) >= 11 is 0. The Morgan fingerprint density at radius 3 is 2.50 bits per heavy atom. The summed E-state index contributed by atoms with van der Waals surface area (Å²) in [6.07, 6.45) is 3.57. The summed E-state index contributed by atoms with van der Waals surface area (Å²) < 4.78 is 5.03. The van der Waals surface area contributed by atoms with Gasteiger partial charge in [-0.25, -0.2) is 0 Å². The van der Waals surface area contributed by atoms with Gasteiger partial charge in [0.1, 0.15) is 5.82 Å². The van der Waals surface area contributed by atoms with Gasteiger partial charge in [0, 0.05) is 19.2 Å². The van der Waals surface area contributed by atoms with E-state index in [0.29, 0.717) is 24.8 Å². The second kappa shape index (κ2) is 5.75. The van der Waals surface area contributed by atoms with E-state index in [9.17, 15) is 0 Å². The summed E-state index contributed by atoms with van der Waals surface area (Å²) in [4.78, 5) is 10.0. The molecule has 1 rings (SSSR count). The molecule has 0 saturated heterocycles. The zero-order valence-corrected chi connectivity index (χ0v) is 9.39. The smallest absolute Gasteiger partial charge is 0.225 e. The minimum atomic E-state index is 0.187. The lowest BCUT2D eigenvalue weighted by Gasteiger charge is -2.20. The van der Waals surface area contributed by atoms with Crippen LogP contribution in [-0.4, -0.2) is 30.2 Å². The number of nitrogens with zero attached hydrogens (tertiary/aromatic N) is 3. The number of hydrogen-bond acceptors (Lipinski definition) is 5. The number of methoxy groups -OCH3 is 1. The fourth-order valence-corrected chi connectivity index (χ4v) is 1.27. The molecular formula is C11H16N4O.